The molecule has 22 heavy (non-hydrogen) atoms. The number of amides is 1. The first-order valence-electron chi connectivity index (χ1n) is 6.58. The highest BCUT2D eigenvalue weighted by molar-refractivity contribution is 7.15. The molecule has 0 bridgehead atoms. The quantitative estimate of drug-likeness (QED) is 0.647. The van der Waals surface area contributed by atoms with Gasteiger partial charge in [0.25, 0.3) is 0 Å². The Bertz CT molecular complexity index is 771. The van der Waals surface area contributed by atoms with Gasteiger partial charge in [-0.05, 0) is 18.6 Å². The number of fused-ring (bicyclic) bond motifs is 1. The van der Waals surface area contributed by atoms with Gasteiger partial charge in [0.1, 0.15) is 0 Å². The first kappa shape index (κ1) is 16.2. The van der Waals surface area contributed by atoms with Crippen molar-refractivity contribution in [3.8, 4) is 6.07 Å². The molecule has 1 amide bonds. The van der Waals surface area contributed by atoms with E-state index < -0.39 is 17.6 Å². The van der Waals surface area contributed by atoms with Crippen LogP contribution in [0.25, 0.3) is 11.0 Å². The summed E-state index contributed by atoms with van der Waals surface area (Å²) in [5.74, 6) is -2.52. The van der Waals surface area contributed by atoms with E-state index in [0.29, 0.717) is 17.2 Å². The predicted molar refractivity (Wildman–Crippen MR) is 84.5 cm³/mol. The van der Waals surface area contributed by atoms with Crippen LogP contribution in [0.4, 0.5) is 0 Å². The van der Waals surface area contributed by atoms with Gasteiger partial charge in [-0.3, -0.25) is 14.0 Å². The number of carbonyl (C=O) groups is 2. The van der Waals surface area contributed by atoms with E-state index in [9.17, 15) is 9.59 Å². The van der Waals surface area contributed by atoms with Crippen LogP contribution in [0.2, 0.25) is 5.15 Å². The van der Waals surface area contributed by atoms with Crippen molar-refractivity contribution in [2.75, 3.05) is 6.54 Å². The summed E-state index contributed by atoms with van der Waals surface area (Å²) < 4.78 is 1.73. The molecule has 0 spiro atoms. The number of allylic oxidation sites excluding steroid dienone is 1. The number of rotatable bonds is 6. The van der Waals surface area contributed by atoms with Crippen molar-refractivity contribution >= 4 is 45.7 Å². The number of nitrogens with one attached hydrogen (secondary N) is 1. The predicted octanol–water partition coefficient (Wildman–Crippen LogP) is 2.30. The number of nitrogens with zero attached hydrogens (tertiary/aromatic N) is 3. The lowest BCUT2D eigenvalue weighted by Gasteiger charge is -2.06. The van der Waals surface area contributed by atoms with E-state index in [1.165, 1.54) is 23.5 Å². The second kappa shape index (κ2) is 7.20. The zero-order valence-corrected chi connectivity index (χ0v) is 13.3. The minimum Gasteiger partial charge on any atom is -0.355 e. The third-order valence-electron chi connectivity index (χ3n) is 2.88. The van der Waals surface area contributed by atoms with E-state index in [1.54, 1.807) is 16.7 Å². The molecule has 0 aliphatic rings. The molecule has 0 saturated carbocycles. The third kappa shape index (κ3) is 3.35. The monoisotopic (exact) mass is 336 g/mol. The topological polar surface area (TPSA) is 87.3 Å². The maximum absolute atomic E-state index is 12.0. The molecule has 2 aromatic rings. The summed E-state index contributed by atoms with van der Waals surface area (Å²) in [7, 11) is 0. The Kier molecular flexibility index (Phi) is 5.31. The molecular formula is C14H13ClN4O2S. The number of hydrogen-bond acceptors (Lipinski definition) is 5. The largest absolute Gasteiger partial charge is 0.355 e. The number of aromatic nitrogens is 2. The summed E-state index contributed by atoms with van der Waals surface area (Å²) in [5, 5.41) is 13.7. The SMILES string of the molecule is CCCNC(=O)C(C#N)C(=O)/C=C/c1c(Cl)nc2sccn12. The van der Waals surface area contributed by atoms with Crippen LogP contribution in [0.5, 0.6) is 0 Å². The summed E-state index contributed by atoms with van der Waals surface area (Å²) in [5.41, 5.74) is 0.539. The Morgan fingerprint density at radius 3 is 3.09 bits per heavy atom. The van der Waals surface area contributed by atoms with Gasteiger partial charge in [-0.25, -0.2) is 4.98 Å². The Labute approximate surface area is 136 Å². The molecule has 2 heterocycles. The highest BCUT2D eigenvalue weighted by Crippen LogP contribution is 2.22. The van der Waals surface area contributed by atoms with Crippen molar-refractivity contribution in [1.29, 1.82) is 5.26 Å². The lowest BCUT2D eigenvalue weighted by atomic mass is 10.0. The Balaban J connectivity index is 2.16. The molecule has 6 nitrogen and oxygen atoms in total. The lowest BCUT2D eigenvalue weighted by Crippen LogP contribution is -2.34. The fourth-order valence-corrected chi connectivity index (χ4v) is 2.79. The van der Waals surface area contributed by atoms with Gasteiger partial charge in [0.15, 0.2) is 21.8 Å². The first-order valence-corrected chi connectivity index (χ1v) is 7.84. The van der Waals surface area contributed by atoms with Gasteiger partial charge < -0.3 is 5.32 Å². The molecule has 2 rings (SSSR count). The average Bonchev–Trinajstić information content (AvgIpc) is 3.04. The molecule has 0 radical (unpaired) electrons. The minimum absolute atomic E-state index is 0.264. The van der Waals surface area contributed by atoms with Crippen LogP contribution < -0.4 is 5.32 Å². The van der Waals surface area contributed by atoms with Crippen LogP contribution in [0.3, 0.4) is 0 Å². The molecule has 114 valence electrons. The number of ketones is 1. The molecule has 0 aliphatic carbocycles. The van der Waals surface area contributed by atoms with Gasteiger partial charge in [0, 0.05) is 18.1 Å². The van der Waals surface area contributed by atoms with E-state index in [4.69, 9.17) is 16.9 Å². The van der Waals surface area contributed by atoms with Gasteiger partial charge in [0.2, 0.25) is 5.91 Å². The van der Waals surface area contributed by atoms with Crippen molar-refractivity contribution in [3.63, 3.8) is 0 Å². The van der Waals surface area contributed by atoms with Gasteiger partial charge in [-0.1, -0.05) is 18.5 Å². The van der Waals surface area contributed by atoms with Crippen LogP contribution >= 0.6 is 22.9 Å². The molecule has 0 aliphatic heterocycles. The van der Waals surface area contributed by atoms with E-state index in [1.807, 2.05) is 12.3 Å². The smallest absolute Gasteiger partial charge is 0.245 e. The Hall–Kier alpha value is -2.17. The molecule has 0 fully saturated rings. The standard InChI is InChI=1S/C14H13ClN4O2S/c1-2-5-17-13(21)9(8-16)11(20)4-3-10-12(15)18-14-19(10)6-7-22-14/h3-4,6-7,9H,2,5H2,1H3,(H,17,21)/b4-3+. The van der Waals surface area contributed by atoms with Crippen molar-refractivity contribution in [2.24, 2.45) is 5.92 Å². The maximum Gasteiger partial charge on any atom is 0.245 e. The fraction of sp³-hybridized carbons (Fsp3) is 0.286. The third-order valence-corrected chi connectivity index (χ3v) is 3.92. The van der Waals surface area contributed by atoms with Gasteiger partial charge in [-0.2, -0.15) is 5.26 Å². The van der Waals surface area contributed by atoms with Crippen LogP contribution in [-0.2, 0) is 9.59 Å². The zero-order chi connectivity index (χ0) is 16.1. The summed E-state index contributed by atoms with van der Waals surface area (Å²) >= 11 is 7.42. The van der Waals surface area contributed by atoms with Gasteiger partial charge >= 0.3 is 0 Å². The number of nitriles is 1. The zero-order valence-electron chi connectivity index (χ0n) is 11.7. The van der Waals surface area contributed by atoms with Crippen LogP contribution in [-0.4, -0.2) is 27.6 Å². The van der Waals surface area contributed by atoms with Crippen molar-refractivity contribution in [3.05, 3.63) is 28.5 Å². The van der Waals surface area contributed by atoms with Crippen LogP contribution in [0.15, 0.2) is 17.7 Å². The Morgan fingerprint density at radius 2 is 2.41 bits per heavy atom. The molecule has 2 aromatic heterocycles. The van der Waals surface area contributed by atoms with E-state index in [0.717, 1.165) is 6.42 Å². The van der Waals surface area contributed by atoms with Crippen LogP contribution in [0, 0.1) is 17.2 Å². The summed E-state index contributed by atoms with van der Waals surface area (Å²) in [6.07, 6.45) is 5.16. The van der Waals surface area contributed by atoms with Crippen molar-refractivity contribution in [2.45, 2.75) is 13.3 Å². The fourth-order valence-electron chi connectivity index (χ4n) is 1.78. The normalized spacial score (nSPS) is 12.4. The van der Waals surface area contributed by atoms with Crippen molar-refractivity contribution < 1.29 is 9.59 Å². The van der Waals surface area contributed by atoms with E-state index in [2.05, 4.69) is 10.3 Å². The highest BCUT2D eigenvalue weighted by Gasteiger charge is 2.24. The lowest BCUT2D eigenvalue weighted by molar-refractivity contribution is -0.129. The number of hydrogen-bond donors (Lipinski definition) is 1. The second-order valence-corrected chi connectivity index (χ2v) is 5.66. The van der Waals surface area contributed by atoms with Gasteiger partial charge in [0.05, 0.1) is 11.8 Å². The number of imidazole rings is 1. The number of thiazole rings is 1. The molecule has 0 saturated heterocycles. The minimum atomic E-state index is -1.35. The molecular weight excluding hydrogens is 324 g/mol. The average molecular weight is 337 g/mol. The molecule has 1 unspecified atom stereocenters. The summed E-state index contributed by atoms with van der Waals surface area (Å²) in [6, 6.07) is 1.72. The van der Waals surface area contributed by atoms with Crippen molar-refractivity contribution in [1.82, 2.24) is 14.7 Å². The summed E-state index contributed by atoms with van der Waals surface area (Å²) in [6.45, 7) is 2.31. The van der Waals surface area contributed by atoms with E-state index in [-0.39, 0.29) is 5.15 Å². The highest BCUT2D eigenvalue weighted by atomic mass is 35.5. The van der Waals surface area contributed by atoms with Gasteiger partial charge in [-0.15, -0.1) is 11.3 Å². The first-order chi connectivity index (χ1) is 10.6. The van der Waals surface area contributed by atoms with E-state index >= 15 is 0 Å². The molecule has 1 atom stereocenters. The Morgan fingerprint density at radius 1 is 1.64 bits per heavy atom. The molecule has 8 heteroatoms. The number of halogens is 1. The summed E-state index contributed by atoms with van der Waals surface area (Å²) in [4.78, 5) is 28.6. The molecule has 0 aromatic carbocycles. The number of carbonyl (C=O) groups excluding carboxylic acids is 2. The molecule has 1 N–H and O–H groups in total. The maximum atomic E-state index is 12.0. The second-order valence-electron chi connectivity index (χ2n) is 4.43. The van der Waals surface area contributed by atoms with Crippen LogP contribution in [0.1, 0.15) is 19.0 Å².